The Morgan fingerprint density at radius 3 is 1.68 bits per heavy atom. The Morgan fingerprint density at radius 2 is 1.29 bits per heavy atom. The van der Waals surface area contributed by atoms with Gasteiger partial charge in [-0.1, -0.05) is 88.3 Å². The first-order valence-electron chi connectivity index (χ1n) is 13.7. The Kier molecular flexibility index (Phi) is 9.36. The highest BCUT2D eigenvalue weighted by molar-refractivity contribution is 7.86. The third-order valence-corrected chi connectivity index (χ3v) is 13.5. The second kappa shape index (κ2) is 11.3. The first kappa shape index (κ1) is 28.1. The molecule has 1 aromatic carbocycles. The minimum absolute atomic E-state index is 0.200. The van der Waals surface area contributed by atoms with Crippen molar-refractivity contribution in [3.63, 3.8) is 0 Å². The molecule has 194 valence electrons. The normalized spacial score (nSPS) is 31.9. The number of rotatable bonds is 7. The zero-order chi connectivity index (χ0) is 25.4. The van der Waals surface area contributed by atoms with Crippen LogP contribution in [0.3, 0.4) is 0 Å². The molecule has 0 heterocycles. The van der Waals surface area contributed by atoms with Gasteiger partial charge < -0.3 is 0 Å². The predicted molar refractivity (Wildman–Crippen MR) is 147 cm³/mol. The maximum Gasteiger partial charge on any atom is 0.295 e. The molecule has 0 aromatic heterocycles. The van der Waals surface area contributed by atoms with Crippen LogP contribution >= 0.6 is 7.92 Å². The molecule has 0 spiro atoms. The second-order valence-electron chi connectivity index (χ2n) is 12.6. The van der Waals surface area contributed by atoms with Gasteiger partial charge in [0.25, 0.3) is 10.1 Å². The van der Waals surface area contributed by atoms with Gasteiger partial charge in [0.1, 0.15) is 4.90 Å². The predicted octanol–water partition coefficient (Wildman–Crippen LogP) is 8.09. The summed E-state index contributed by atoms with van der Waals surface area (Å²) in [5.74, 6) is 3.98. The van der Waals surface area contributed by atoms with Gasteiger partial charge in [-0.05, 0) is 95.4 Å². The van der Waals surface area contributed by atoms with E-state index in [0.717, 1.165) is 10.9 Å². The van der Waals surface area contributed by atoms with Crippen molar-refractivity contribution in [3.05, 3.63) is 23.8 Å². The second-order valence-corrected chi connectivity index (χ2v) is 16.6. The van der Waals surface area contributed by atoms with E-state index in [1.54, 1.807) is 6.07 Å². The van der Waals surface area contributed by atoms with Crippen molar-refractivity contribution < 1.29 is 13.0 Å². The van der Waals surface area contributed by atoms with Crippen molar-refractivity contribution in [2.45, 2.75) is 116 Å². The molecule has 34 heavy (non-hydrogen) atoms. The lowest BCUT2D eigenvalue weighted by molar-refractivity contribution is 0.224. The average Bonchev–Trinajstić information content (AvgIpc) is 2.73. The quantitative estimate of drug-likeness (QED) is 0.299. The molecule has 3 rings (SSSR count). The topological polar surface area (TPSA) is 54.4 Å². The summed E-state index contributed by atoms with van der Waals surface area (Å²) in [4.78, 5) is 0.200. The third kappa shape index (κ3) is 6.27. The van der Waals surface area contributed by atoms with E-state index in [0.29, 0.717) is 46.8 Å². The lowest BCUT2D eigenvalue weighted by Crippen LogP contribution is -2.41. The smallest absolute Gasteiger partial charge is 0.282 e. The lowest BCUT2D eigenvalue weighted by Gasteiger charge is -2.50. The minimum atomic E-state index is -4.30. The molecule has 1 N–H and O–H groups in total. The van der Waals surface area contributed by atoms with Crippen LogP contribution in [0.15, 0.2) is 23.1 Å². The summed E-state index contributed by atoms with van der Waals surface area (Å²) in [6.07, 6.45) is 7.38. The van der Waals surface area contributed by atoms with Gasteiger partial charge in [0, 0.05) is 0 Å². The molecule has 2 saturated carbocycles. The Balaban J connectivity index is 2.25. The van der Waals surface area contributed by atoms with E-state index in [4.69, 9.17) is 0 Å². The molecule has 1 aromatic rings. The first-order valence-corrected chi connectivity index (χ1v) is 16.6. The van der Waals surface area contributed by atoms with Crippen LogP contribution in [0.5, 0.6) is 0 Å². The molecule has 5 heteroatoms. The summed E-state index contributed by atoms with van der Waals surface area (Å²) < 4.78 is 36.1. The Morgan fingerprint density at radius 1 is 0.824 bits per heavy atom. The molecule has 0 saturated heterocycles. The van der Waals surface area contributed by atoms with Gasteiger partial charge in [0.15, 0.2) is 0 Å². The fourth-order valence-electron chi connectivity index (χ4n) is 6.86. The fraction of sp³-hybridized carbons (Fsp3) is 0.793. The van der Waals surface area contributed by atoms with Gasteiger partial charge in [-0.3, -0.25) is 4.55 Å². The van der Waals surface area contributed by atoms with Crippen LogP contribution in [-0.2, 0) is 10.1 Å². The molecule has 0 aliphatic heterocycles. The van der Waals surface area contributed by atoms with Crippen molar-refractivity contribution >= 4 is 23.3 Å². The van der Waals surface area contributed by atoms with Crippen molar-refractivity contribution in [3.8, 4) is 0 Å². The molecule has 0 bridgehead atoms. The van der Waals surface area contributed by atoms with Gasteiger partial charge >= 0.3 is 0 Å². The molecule has 0 amide bonds. The maximum absolute atomic E-state index is 12.8. The van der Waals surface area contributed by atoms with Crippen molar-refractivity contribution in [2.24, 2.45) is 35.5 Å². The van der Waals surface area contributed by atoms with Crippen molar-refractivity contribution in [2.75, 3.05) is 0 Å². The minimum Gasteiger partial charge on any atom is -0.282 e. The zero-order valence-electron chi connectivity index (χ0n) is 22.8. The van der Waals surface area contributed by atoms with Crippen molar-refractivity contribution in [1.82, 2.24) is 0 Å². The molecular weight excluding hydrogens is 459 g/mol. The summed E-state index contributed by atoms with van der Waals surface area (Å²) in [6, 6.07) is 6.03. The number of benzene rings is 1. The fourth-order valence-corrected chi connectivity index (χ4v) is 12.9. The third-order valence-electron chi connectivity index (χ3n) is 8.90. The molecule has 3 nitrogen and oxygen atoms in total. The van der Waals surface area contributed by atoms with Gasteiger partial charge in [0.2, 0.25) is 0 Å². The summed E-state index contributed by atoms with van der Waals surface area (Å²) in [6.45, 7) is 18.4. The van der Waals surface area contributed by atoms with Crippen LogP contribution in [0.4, 0.5) is 0 Å². The van der Waals surface area contributed by atoms with Crippen LogP contribution in [0.25, 0.3) is 0 Å². The molecule has 2 aliphatic carbocycles. The molecule has 6 atom stereocenters. The number of hydrogen-bond acceptors (Lipinski definition) is 2. The van der Waals surface area contributed by atoms with Gasteiger partial charge in [-0.2, -0.15) is 8.42 Å². The molecular formula is C29H49O3PS. The summed E-state index contributed by atoms with van der Waals surface area (Å²) in [5, 5.41) is 0.955. The van der Waals surface area contributed by atoms with Crippen LogP contribution in [-0.4, -0.2) is 24.3 Å². The highest BCUT2D eigenvalue weighted by atomic mass is 32.2. The van der Waals surface area contributed by atoms with E-state index < -0.39 is 18.0 Å². The molecule has 2 fully saturated rings. The maximum atomic E-state index is 12.8. The molecule has 0 radical (unpaired) electrons. The highest BCUT2D eigenvalue weighted by Gasteiger charge is 2.45. The van der Waals surface area contributed by atoms with E-state index in [1.807, 2.05) is 0 Å². The van der Waals surface area contributed by atoms with Crippen LogP contribution in [0, 0.1) is 35.5 Å². The van der Waals surface area contributed by atoms with E-state index in [2.05, 4.69) is 67.5 Å². The Labute approximate surface area is 211 Å². The standard InChI is InChI=1S/C29H49O3PS/c1-18(2)23-11-14-26(29(17-23)34(30,31)32)33(27-15-21(7)9-12-24(27)19(3)4)28-16-22(8)10-13-25(28)20(5)6/h11,14,17-22,24-25,27-28H,9-10,12-13,15-16H2,1-8H3,(H,30,31,32). The van der Waals surface area contributed by atoms with E-state index in [1.165, 1.54) is 38.5 Å². The average molecular weight is 509 g/mol. The van der Waals surface area contributed by atoms with Gasteiger partial charge in [0.05, 0.1) is 0 Å². The zero-order valence-corrected chi connectivity index (χ0v) is 24.5. The monoisotopic (exact) mass is 508 g/mol. The van der Waals surface area contributed by atoms with Crippen LogP contribution in [0.2, 0.25) is 0 Å². The van der Waals surface area contributed by atoms with Crippen LogP contribution < -0.4 is 5.30 Å². The number of hydrogen-bond donors (Lipinski definition) is 1. The van der Waals surface area contributed by atoms with E-state index >= 15 is 0 Å². The van der Waals surface area contributed by atoms with Gasteiger partial charge in [-0.15, -0.1) is 0 Å². The summed E-state index contributed by atoms with van der Waals surface area (Å²) >= 11 is 0. The van der Waals surface area contributed by atoms with E-state index in [-0.39, 0.29) is 10.8 Å². The first-order chi connectivity index (χ1) is 15.8. The largest absolute Gasteiger partial charge is 0.295 e. The SMILES string of the molecule is CC1CCC(C(C)C)C(P(c2ccc(C(C)C)cc2S(=O)(=O)O)C2CC(C)CCC2C(C)C)C1. The summed E-state index contributed by atoms with van der Waals surface area (Å²) in [5.41, 5.74) is 2.02. The highest BCUT2D eigenvalue weighted by Crippen LogP contribution is 2.61. The van der Waals surface area contributed by atoms with Crippen molar-refractivity contribution in [1.29, 1.82) is 0 Å². The van der Waals surface area contributed by atoms with E-state index in [9.17, 15) is 13.0 Å². The van der Waals surface area contributed by atoms with Crippen LogP contribution in [0.1, 0.15) is 105 Å². The summed E-state index contributed by atoms with van der Waals surface area (Å²) in [7, 11) is -5.04. The molecule has 6 unspecified atom stereocenters. The Hall–Kier alpha value is -0.440. The Bertz CT molecular complexity index is 891. The van der Waals surface area contributed by atoms with Gasteiger partial charge in [-0.25, -0.2) is 0 Å². The molecule has 2 aliphatic rings. The lowest BCUT2D eigenvalue weighted by atomic mass is 9.76.